The van der Waals surface area contributed by atoms with Gasteiger partial charge in [-0.1, -0.05) is 18.2 Å². The summed E-state index contributed by atoms with van der Waals surface area (Å²) in [5.74, 6) is -1.01. The third-order valence-electron chi connectivity index (χ3n) is 3.02. The number of carboxylic acid groups (broad SMARTS) is 1. The summed E-state index contributed by atoms with van der Waals surface area (Å²) >= 11 is 0. The Kier molecular flexibility index (Phi) is 3.34. The molecule has 4 aromatic rings. The minimum absolute atomic E-state index is 0.0669. The van der Waals surface area contributed by atoms with Gasteiger partial charge in [0, 0.05) is 28.7 Å². The van der Waals surface area contributed by atoms with Crippen LogP contribution in [0.2, 0.25) is 0 Å². The molecule has 0 fully saturated rings. The number of H-pyrrole nitrogens is 2. The molecule has 4 rings (SSSR count). The van der Waals surface area contributed by atoms with E-state index in [2.05, 4.69) is 19.9 Å². The van der Waals surface area contributed by atoms with Crippen molar-refractivity contribution in [3.05, 3.63) is 60.9 Å². The average Bonchev–Trinajstić information content (AvgIpc) is 3.17. The Morgan fingerprint density at radius 1 is 1.14 bits per heavy atom. The molecule has 0 aliphatic heterocycles. The van der Waals surface area contributed by atoms with Gasteiger partial charge in [0.15, 0.2) is 0 Å². The van der Waals surface area contributed by atoms with E-state index < -0.39 is 5.97 Å². The topological polar surface area (TPSA) is 94.7 Å². The van der Waals surface area contributed by atoms with Gasteiger partial charge in [0.1, 0.15) is 5.69 Å². The second-order valence-corrected chi connectivity index (χ2v) is 4.35. The summed E-state index contributed by atoms with van der Waals surface area (Å²) in [4.78, 5) is 24.3. The number of para-hydroxylation sites is 1. The number of aromatic carboxylic acids is 1. The molecule has 3 aromatic heterocycles. The molecule has 6 nitrogen and oxygen atoms in total. The van der Waals surface area contributed by atoms with E-state index in [1.165, 1.54) is 0 Å². The number of carboxylic acids is 1. The number of rotatable bonds is 1. The van der Waals surface area contributed by atoms with E-state index in [1.807, 2.05) is 24.3 Å². The highest BCUT2D eigenvalue weighted by Crippen LogP contribution is 2.24. The molecule has 0 saturated carbocycles. The summed E-state index contributed by atoms with van der Waals surface area (Å²) in [7, 11) is 0. The molecule has 1 aromatic carbocycles. The highest BCUT2D eigenvalue weighted by molar-refractivity contribution is 6.08. The lowest BCUT2D eigenvalue weighted by Crippen LogP contribution is -1.98. The number of nitrogens with zero attached hydrogens (tertiary/aromatic N) is 2. The third kappa shape index (κ3) is 2.59. The molecule has 0 saturated heterocycles. The van der Waals surface area contributed by atoms with E-state index in [-0.39, 0.29) is 5.69 Å². The molecule has 0 amide bonds. The number of aromatic amines is 2. The Balaban J connectivity index is 0.000000225. The maximum Gasteiger partial charge on any atom is 0.354 e. The van der Waals surface area contributed by atoms with Crippen LogP contribution in [0.3, 0.4) is 0 Å². The van der Waals surface area contributed by atoms with Crippen molar-refractivity contribution in [3.8, 4) is 0 Å². The molecule has 21 heavy (non-hydrogen) atoms. The van der Waals surface area contributed by atoms with Crippen LogP contribution in [0.1, 0.15) is 10.5 Å². The van der Waals surface area contributed by atoms with Gasteiger partial charge in [-0.3, -0.25) is 0 Å². The number of aromatic nitrogens is 4. The first-order valence-corrected chi connectivity index (χ1v) is 6.28. The first kappa shape index (κ1) is 12.9. The highest BCUT2D eigenvalue weighted by atomic mass is 16.4. The molecular weight excluding hydrogens is 268 g/mol. The molecule has 0 spiro atoms. The van der Waals surface area contributed by atoms with Crippen LogP contribution in [0.5, 0.6) is 0 Å². The predicted molar refractivity (Wildman–Crippen MR) is 79.1 cm³/mol. The zero-order valence-corrected chi connectivity index (χ0v) is 10.9. The van der Waals surface area contributed by atoms with Crippen LogP contribution in [0, 0.1) is 0 Å². The van der Waals surface area contributed by atoms with Crippen molar-refractivity contribution in [2.45, 2.75) is 0 Å². The van der Waals surface area contributed by atoms with Crippen molar-refractivity contribution < 1.29 is 9.90 Å². The Bertz CT molecular complexity index is 864. The Morgan fingerprint density at radius 3 is 2.67 bits per heavy atom. The number of hydrogen-bond donors (Lipinski definition) is 3. The number of hydrogen-bond acceptors (Lipinski definition) is 3. The molecule has 3 heterocycles. The minimum atomic E-state index is -1.01. The minimum Gasteiger partial charge on any atom is -0.477 e. The van der Waals surface area contributed by atoms with Gasteiger partial charge in [0.25, 0.3) is 0 Å². The summed E-state index contributed by atoms with van der Waals surface area (Å²) in [5.41, 5.74) is 1.91. The van der Waals surface area contributed by atoms with Crippen molar-refractivity contribution in [1.29, 1.82) is 0 Å². The van der Waals surface area contributed by atoms with Gasteiger partial charge in [-0.05, 0) is 12.1 Å². The first-order chi connectivity index (χ1) is 10.3. The second kappa shape index (κ2) is 5.46. The van der Waals surface area contributed by atoms with Gasteiger partial charge in [-0.2, -0.15) is 0 Å². The molecule has 0 bridgehead atoms. The highest BCUT2D eigenvalue weighted by Gasteiger charge is 2.08. The lowest BCUT2D eigenvalue weighted by molar-refractivity contribution is 0.0691. The molecule has 3 N–H and O–H groups in total. The maximum atomic E-state index is 10.8. The number of imidazole rings is 1. The number of benzene rings is 1. The molecule has 6 heteroatoms. The normalized spacial score (nSPS) is 10.3. The van der Waals surface area contributed by atoms with E-state index in [1.54, 1.807) is 31.0 Å². The largest absolute Gasteiger partial charge is 0.477 e. The van der Waals surface area contributed by atoms with Gasteiger partial charge in [-0.25, -0.2) is 14.8 Å². The Labute approximate surface area is 119 Å². The Morgan fingerprint density at radius 2 is 2.00 bits per heavy atom. The van der Waals surface area contributed by atoms with Crippen LogP contribution in [0.15, 0.2) is 55.2 Å². The zero-order chi connectivity index (χ0) is 14.7. The third-order valence-corrected chi connectivity index (χ3v) is 3.02. The molecular formula is C15H12N4O2. The van der Waals surface area contributed by atoms with Crippen molar-refractivity contribution in [2.24, 2.45) is 0 Å². The number of pyridine rings is 1. The number of carbonyl (C=O) groups is 1. The summed E-state index contributed by atoms with van der Waals surface area (Å²) in [6.07, 6.45) is 6.64. The zero-order valence-electron chi connectivity index (χ0n) is 10.9. The van der Waals surface area contributed by atoms with Crippen LogP contribution in [-0.2, 0) is 0 Å². The van der Waals surface area contributed by atoms with E-state index in [9.17, 15) is 4.79 Å². The van der Waals surface area contributed by atoms with Gasteiger partial charge >= 0.3 is 5.97 Å². The van der Waals surface area contributed by atoms with Crippen LogP contribution >= 0.6 is 0 Å². The number of nitrogens with one attached hydrogen (secondary N) is 2. The maximum absolute atomic E-state index is 10.8. The Hall–Kier alpha value is -3.15. The van der Waals surface area contributed by atoms with Crippen LogP contribution in [-0.4, -0.2) is 31.0 Å². The SMILES string of the molecule is O=C(O)c1cc2c(cn1)[nH]c1ccccc12.c1c[nH]cn1. The lowest BCUT2D eigenvalue weighted by atomic mass is 10.1. The molecule has 0 unspecified atom stereocenters. The monoisotopic (exact) mass is 280 g/mol. The predicted octanol–water partition coefficient (Wildman–Crippen LogP) is 2.82. The molecule has 104 valence electrons. The van der Waals surface area contributed by atoms with Crippen LogP contribution in [0.25, 0.3) is 21.8 Å². The van der Waals surface area contributed by atoms with Crippen LogP contribution < -0.4 is 0 Å². The van der Waals surface area contributed by atoms with E-state index >= 15 is 0 Å². The van der Waals surface area contributed by atoms with Crippen molar-refractivity contribution in [3.63, 3.8) is 0 Å². The van der Waals surface area contributed by atoms with Crippen LogP contribution in [0.4, 0.5) is 0 Å². The second-order valence-electron chi connectivity index (χ2n) is 4.35. The fraction of sp³-hybridized carbons (Fsp3) is 0. The molecule has 0 radical (unpaired) electrons. The van der Waals surface area contributed by atoms with E-state index in [0.29, 0.717) is 0 Å². The van der Waals surface area contributed by atoms with Gasteiger partial charge < -0.3 is 15.1 Å². The summed E-state index contributed by atoms with van der Waals surface area (Å²) in [5, 5.41) is 10.8. The fourth-order valence-electron chi connectivity index (χ4n) is 2.08. The van der Waals surface area contributed by atoms with E-state index in [0.717, 1.165) is 21.8 Å². The van der Waals surface area contributed by atoms with Gasteiger partial charge in [0.05, 0.1) is 18.0 Å². The standard InChI is InChI=1S/C12H8N2O2.C3H4N2/c15-12(16)10-5-8-7-3-1-2-4-9(7)14-11(8)6-13-10;1-2-5-3-4-1/h1-6,14H,(H,15,16);1-3H,(H,4,5). The quantitative estimate of drug-likeness (QED) is 0.499. The summed E-state index contributed by atoms with van der Waals surface area (Å²) < 4.78 is 0. The first-order valence-electron chi connectivity index (χ1n) is 6.28. The lowest BCUT2D eigenvalue weighted by Gasteiger charge is -1.93. The van der Waals surface area contributed by atoms with Crippen molar-refractivity contribution in [2.75, 3.05) is 0 Å². The average molecular weight is 280 g/mol. The summed E-state index contributed by atoms with van der Waals surface area (Å²) in [6.45, 7) is 0. The molecule has 0 atom stereocenters. The van der Waals surface area contributed by atoms with Gasteiger partial charge in [0.2, 0.25) is 0 Å². The number of fused-ring (bicyclic) bond motifs is 3. The fourth-order valence-corrected chi connectivity index (χ4v) is 2.08. The van der Waals surface area contributed by atoms with Gasteiger partial charge in [-0.15, -0.1) is 0 Å². The van der Waals surface area contributed by atoms with E-state index in [4.69, 9.17) is 5.11 Å². The van der Waals surface area contributed by atoms with Crippen molar-refractivity contribution in [1.82, 2.24) is 19.9 Å². The molecule has 0 aliphatic rings. The smallest absolute Gasteiger partial charge is 0.354 e. The summed E-state index contributed by atoms with van der Waals surface area (Å²) in [6, 6.07) is 9.37. The van der Waals surface area contributed by atoms with Crippen molar-refractivity contribution >= 4 is 27.8 Å². The molecule has 0 aliphatic carbocycles.